The Morgan fingerprint density at radius 2 is 2.09 bits per heavy atom. The van der Waals surface area contributed by atoms with Crippen molar-refractivity contribution in [3.63, 3.8) is 0 Å². The molecule has 0 aliphatic heterocycles. The molecule has 2 rings (SSSR count). The molecule has 0 unspecified atom stereocenters. The highest BCUT2D eigenvalue weighted by atomic mass is 16.5. The first-order chi connectivity index (χ1) is 11.0. The van der Waals surface area contributed by atoms with E-state index in [1.54, 1.807) is 30.3 Å². The maximum absolute atomic E-state index is 11.9. The summed E-state index contributed by atoms with van der Waals surface area (Å²) in [7, 11) is 0. The third kappa shape index (κ3) is 4.95. The fraction of sp³-hybridized carbons (Fsp3) is 0.353. The van der Waals surface area contributed by atoms with Crippen molar-refractivity contribution >= 4 is 11.7 Å². The number of nitrogens with zero attached hydrogens (tertiary/aromatic N) is 1. The third-order valence-electron chi connectivity index (χ3n) is 3.17. The standard InChI is InChI=1S/C17H21N3O3/c1-11(2)9-18-17(22)16-8-14(19-20-16)10-23-15-6-4-5-13(7-15)12(3)21/h4-8,11H,9-10H2,1-3H3,(H,18,22)(H,19,20). The summed E-state index contributed by atoms with van der Waals surface area (Å²) in [6.45, 7) is 6.41. The number of rotatable bonds is 7. The molecule has 0 fully saturated rings. The van der Waals surface area contributed by atoms with E-state index in [1.807, 2.05) is 13.8 Å². The highest BCUT2D eigenvalue weighted by Gasteiger charge is 2.11. The predicted molar refractivity (Wildman–Crippen MR) is 86.5 cm³/mol. The first kappa shape index (κ1) is 16.7. The van der Waals surface area contributed by atoms with Gasteiger partial charge in [0.25, 0.3) is 5.91 Å². The van der Waals surface area contributed by atoms with Crippen LogP contribution in [0.4, 0.5) is 0 Å². The van der Waals surface area contributed by atoms with E-state index in [0.29, 0.717) is 35.2 Å². The Balaban J connectivity index is 1.93. The van der Waals surface area contributed by atoms with Crippen LogP contribution in [-0.2, 0) is 6.61 Å². The average Bonchev–Trinajstić information content (AvgIpc) is 3.00. The van der Waals surface area contributed by atoms with E-state index in [0.717, 1.165) is 0 Å². The summed E-state index contributed by atoms with van der Waals surface area (Å²) in [6.07, 6.45) is 0. The van der Waals surface area contributed by atoms with Crippen molar-refractivity contribution in [1.29, 1.82) is 0 Å². The summed E-state index contributed by atoms with van der Waals surface area (Å²) in [5.74, 6) is 0.758. The van der Waals surface area contributed by atoms with Crippen LogP contribution in [0.1, 0.15) is 47.3 Å². The Morgan fingerprint density at radius 3 is 2.78 bits per heavy atom. The number of hydrogen-bond acceptors (Lipinski definition) is 4. The Bertz CT molecular complexity index is 692. The van der Waals surface area contributed by atoms with E-state index in [2.05, 4.69) is 15.5 Å². The second kappa shape index (κ2) is 7.58. The van der Waals surface area contributed by atoms with E-state index < -0.39 is 0 Å². The molecule has 122 valence electrons. The van der Waals surface area contributed by atoms with Crippen molar-refractivity contribution in [2.75, 3.05) is 6.54 Å². The van der Waals surface area contributed by atoms with Gasteiger partial charge in [0, 0.05) is 12.1 Å². The van der Waals surface area contributed by atoms with Gasteiger partial charge in [0.2, 0.25) is 0 Å². The summed E-state index contributed by atoms with van der Waals surface area (Å²) in [5.41, 5.74) is 1.62. The summed E-state index contributed by atoms with van der Waals surface area (Å²) >= 11 is 0. The first-order valence-electron chi connectivity index (χ1n) is 7.52. The van der Waals surface area contributed by atoms with Crippen molar-refractivity contribution in [2.45, 2.75) is 27.4 Å². The monoisotopic (exact) mass is 315 g/mol. The van der Waals surface area contributed by atoms with Crippen molar-refractivity contribution in [3.05, 3.63) is 47.3 Å². The minimum Gasteiger partial charge on any atom is -0.487 e. The van der Waals surface area contributed by atoms with Crippen LogP contribution >= 0.6 is 0 Å². The average molecular weight is 315 g/mol. The summed E-state index contributed by atoms with van der Waals surface area (Å²) < 4.78 is 5.62. The van der Waals surface area contributed by atoms with E-state index in [9.17, 15) is 9.59 Å². The van der Waals surface area contributed by atoms with Gasteiger partial charge in [-0.1, -0.05) is 26.0 Å². The number of aromatic nitrogens is 2. The lowest BCUT2D eigenvalue weighted by molar-refractivity contribution is 0.0943. The van der Waals surface area contributed by atoms with E-state index in [4.69, 9.17) is 4.74 Å². The van der Waals surface area contributed by atoms with E-state index in [-0.39, 0.29) is 18.3 Å². The fourth-order valence-electron chi connectivity index (χ4n) is 1.91. The first-order valence-corrected chi connectivity index (χ1v) is 7.52. The molecule has 0 radical (unpaired) electrons. The van der Waals surface area contributed by atoms with Gasteiger partial charge >= 0.3 is 0 Å². The van der Waals surface area contributed by atoms with E-state index in [1.165, 1.54) is 6.92 Å². The van der Waals surface area contributed by atoms with Crippen LogP contribution in [0.3, 0.4) is 0 Å². The van der Waals surface area contributed by atoms with Gasteiger partial charge < -0.3 is 10.1 Å². The second-order valence-electron chi connectivity index (χ2n) is 5.75. The van der Waals surface area contributed by atoms with Crippen molar-refractivity contribution in [2.24, 2.45) is 5.92 Å². The molecule has 1 amide bonds. The molecule has 0 aliphatic carbocycles. The molecule has 0 bridgehead atoms. The number of hydrogen-bond donors (Lipinski definition) is 2. The number of nitrogens with one attached hydrogen (secondary N) is 2. The smallest absolute Gasteiger partial charge is 0.271 e. The Hall–Kier alpha value is -2.63. The van der Waals surface area contributed by atoms with Crippen LogP contribution in [0.25, 0.3) is 0 Å². The molecule has 23 heavy (non-hydrogen) atoms. The summed E-state index contributed by atoms with van der Waals surface area (Å²) in [5, 5.41) is 9.57. The molecule has 0 spiro atoms. The number of carbonyl (C=O) groups excluding carboxylic acids is 2. The van der Waals surface area contributed by atoms with Gasteiger partial charge in [0.15, 0.2) is 5.78 Å². The van der Waals surface area contributed by atoms with Crippen molar-refractivity contribution in [1.82, 2.24) is 15.5 Å². The van der Waals surface area contributed by atoms with Gasteiger partial charge in [0.1, 0.15) is 18.1 Å². The minimum absolute atomic E-state index is 0.0129. The molecule has 6 nitrogen and oxygen atoms in total. The number of carbonyl (C=O) groups is 2. The van der Waals surface area contributed by atoms with Gasteiger partial charge in [0.05, 0.1) is 5.69 Å². The minimum atomic E-state index is -0.209. The Kier molecular flexibility index (Phi) is 5.51. The number of aromatic amines is 1. The van der Waals surface area contributed by atoms with Crippen molar-refractivity contribution < 1.29 is 14.3 Å². The van der Waals surface area contributed by atoms with Gasteiger partial charge in [-0.15, -0.1) is 0 Å². The zero-order chi connectivity index (χ0) is 16.8. The molecule has 1 aromatic heterocycles. The molecule has 2 aromatic rings. The second-order valence-corrected chi connectivity index (χ2v) is 5.75. The normalized spacial score (nSPS) is 10.6. The van der Waals surface area contributed by atoms with Crippen LogP contribution in [0.5, 0.6) is 5.75 Å². The molecule has 0 aliphatic rings. The van der Waals surface area contributed by atoms with Crippen LogP contribution in [0.15, 0.2) is 30.3 Å². The zero-order valence-corrected chi connectivity index (χ0v) is 13.6. The summed E-state index contributed by atoms with van der Waals surface area (Å²) in [4.78, 5) is 23.2. The molecule has 6 heteroatoms. The number of Topliss-reactive ketones (excluding diaryl/α,β-unsaturated/α-hetero) is 1. The lowest BCUT2D eigenvalue weighted by Crippen LogP contribution is -2.27. The molecule has 0 saturated carbocycles. The van der Waals surface area contributed by atoms with Gasteiger partial charge in [-0.05, 0) is 31.0 Å². The van der Waals surface area contributed by atoms with Crippen molar-refractivity contribution in [3.8, 4) is 5.75 Å². The van der Waals surface area contributed by atoms with Gasteiger partial charge in [-0.25, -0.2) is 0 Å². The van der Waals surface area contributed by atoms with Gasteiger partial charge in [-0.3, -0.25) is 14.7 Å². The lowest BCUT2D eigenvalue weighted by atomic mass is 10.1. The molecule has 1 heterocycles. The van der Waals surface area contributed by atoms with Gasteiger partial charge in [-0.2, -0.15) is 5.10 Å². The molecule has 2 N–H and O–H groups in total. The molecule has 1 aromatic carbocycles. The number of amides is 1. The number of ether oxygens (including phenoxy) is 1. The molecule has 0 atom stereocenters. The summed E-state index contributed by atoms with van der Waals surface area (Å²) in [6, 6.07) is 8.63. The maximum atomic E-state index is 11.9. The number of ketones is 1. The van der Waals surface area contributed by atoms with E-state index >= 15 is 0 Å². The Labute approximate surface area is 135 Å². The highest BCUT2D eigenvalue weighted by molar-refractivity contribution is 5.94. The quantitative estimate of drug-likeness (QED) is 0.769. The lowest BCUT2D eigenvalue weighted by Gasteiger charge is -2.05. The highest BCUT2D eigenvalue weighted by Crippen LogP contribution is 2.15. The van der Waals surface area contributed by atoms with Crippen LogP contribution in [-0.4, -0.2) is 28.4 Å². The SMILES string of the molecule is CC(=O)c1cccc(OCc2cc(C(=O)NCC(C)C)n[nH]2)c1. The molecular weight excluding hydrogens is 294 g/mol. The molecular formula is C17H21N3O3. The molecule has 0 saturated heterocycles. The van der Waals surface area contributed by atoms with Crippen LogP contribution in [0.2, 0.25) is 0 Å². The number of H-pyrrole nitrogens is 1. The van der Waals surface area contributed by atoms with Crippen LogP contribution in [0, 0.1) is 5.92 Å². The largest absolute Gasteiger partial charge is 0.487 e. The van der Waals surface area contributed by atoms with Crippen LogP contribution < -0.4 is 10.1 Å². The maximum Gasteiger partial charge on any atom is 0.271 e. The fourth-order valence-corrected chi connectivity index (χ4v) is 1.91. The topological polar surface area (TPSA) is 84.1 Å². The number of benzene rings is 1. The third-order valence-corrected chi connectivity index (χ3v) is 3.17. The Morgan fingerprint density at radius 1 is 1.30 bits per heavy atom. The zero-order valence-electron chi connectivity index (χ0n) is 13.6. The predicted octanol–water partition coefficient (Wildman–Crippen LogP) is 2.58.